The SMILES string of the molecule is CSc1ccc(C2CC(=O)NC(c3cc(CNC(=O)C(C)C)ccc3Cl)N2)cc1. The van der Waals surface area contributed by atoms with Crippen LogP contribution >= 0.6 is 23.4 Å². The summed E-state index contributed by atoms with van der Waals surface area (Å²) in [5.74, 6) is -0.0963. The number of halogens is 1. The quantitative estimate of drug-likeness (QED) is 0.600. The monoisotopic (exact) mass is 431 g/mol. The standard InChI is InChI=1S/C22H26ClN3O2S/c1-13(2)22(28)24-12-14-4-9-18(23)17(10-14)21-25-19(11-20(27)26-21)15-5-7-16(29-3)8-6-15/h4-10,13,19,21,25H,11-12H2,1-3H3,(H,24,28)(H,26,27). The van der Waals surface area contributed by atoms with Gasteiger partial charge in [0.25, 0.3) is 0 Å². The first-order valence-electron chi connectivity index (χ1n) is 9.62. The molecular weight excluding hydrogens is 406 g/mol. The maximum absolute atomic E-state index is 12.4. The molecule has 0 saturated carbocycles. The molecular formula is C22H26ClN3O2S. The van der Waals surface area contributed by atoms with Crippen LogP contribution in [-0.2, 0) is 16.1 Å². The van der Waals surface area contributed by atoms with Crippen molar-refractivity contribution in [3.05, 3.63) is 64.2 Å². The number of benzene rings is 2. The second kappa shape index (κ2) is 9.65. The summed E-state index contributed by atoms with van der Waals surface area (Å²) in [5, 5.41) is 9.95. The van der Waals surface area contributed by atoms with E-state index in [0.29, 0.717) is 18.0 Å². The lowest BCUT2D eigenvalue weighted by molar-refractivity contribution is -0.125. The molecule has 1 saturated heterocycles. The molecule has 2 amide bonds. The van der Waals surface area contributed by atoms with Crippen molar-refractivity contribution in [2.24, 2.45) is 5.92 Å². The lowest BCUT2D eigenvalue weighted by atomic mass is 9.98. The molecule has 154 valence electrons. The molecule has 2 atom stereocenters. The van der Waals surface area contributed by atoms with Crippen LogP contribution in [0.1, 0.15) is 49.2 Å². The Kier molecular flexibility index (Phi) is 7.22. The van der Waals surface area contributed by atoms with Crippen LogP contribution in [0.4, 0.5) is 0 Å². The van der Waals surface area contributed by atoms with Gasteiger partial charge in [-0.15, -0.1) is 11.8 Å². The van der Waals surface area contributed by atoms with Crippen molar-refractivity contribution in [2.75, 3.05) is 6.26 Å². The Morgan fingerprint density at radius 3 is 2.62 bits per heavy atom. The van der Waals surface area contributed by atoms with Gasteiger partial charge in [-0.1, -0.05) is 43.6 Å². The van der Waals surface area contributed by atoms with Crippen LogP contribution in [0.15, 0.2) is 47.4 Å². The molecule has 29 heavy (non-hydrogen) atoms. The van der Waals surface area contributed by atoms with E-state index in [1.807, 2.05) is 32.2 Å². The highest BCUT2D eigenvalue weighted by atomic mass is 35.5. The predicted molar refractivity (Wildman–Crippen MR) is 118 cm³/mol. The zero-order valence-corrected chi connectivity index (χ0v) is 18.4. The minimum Gasteiger partial charge on any atom is -0.352 e. The van der Waals surface area contributed by atoms with Crippen LogP contribution in [0.2, 0.25) is 5.02 Å². The fourth-order valence-corrected chi connectivity index (χ4v) is 3.88. The van der Waals surface area contributed by atoms with Crippen molar-refractivity contribution in [1.29, 1.82) is 0 Å². The molecule has 1 aliphatic rings. The average Bonchev–Trinajstić information content (AvgIpc) is 2.72. The number of carbonyl (C=O) groups excluding carboxylic acids is 2. The van der Waals surface area contributed by atoms with Gasteiger partial charge in [-0.05, 0) is 41.6 Å². The molecule has 0 radical (unpaired) electrons. The Morgan fingerprint density at radius 1 is 1.24 bits per heavy atom. The maximum atomic E-state index is 12.4. The van der Waals surface area contributed by atoms with E-state index >= 15 is 0 Å². The topological polar surface area (TPSA) is 70.2 Å². The van der Waals surface area contributed by atoms with E-state index < -0.39 is 6.17 Å². The minimum absolute atomic E-state index is 0.000604. The Bertz CT molecular complexity index is 886. The molecule has 7 heteroatoms. The first kappa shape index (κ1) is 21.7. The van der Waals surface area contributed by atoms with Gasteiger partial charge in [0.05, 0.1) is 0 Å². The summed E-state index contributed by atoms with van der Waals surface area (Å²) in [6, 6.07) is 13.8. The normalized spacial score (nSPS) is 19.1. The number of nitrogens with one attached hydrogen (secondary N) is 3. The molecule has 0 aliphatic carbocycles. The van der Waals surface area contributed by atoms with E-state index in [0.717, 1.165) is 16.7 Å². The molecule has 2 aromatic carbocycles. The van der Waals surface area contributed by atoms with Crippen molar-refractivity contribution >= 4 is 35.2 Å². The summed E-state index contributed by atoms with van der Waals surface area (Å²) in [7, 11) is 0. The Balaban J connectivity index is 1.78. The summed E-state index contributed by atoms with van der Waals surface area (Å²) in [5.41, 5.74) is 2.79. The maximum Gasteiger partial charge on any atom is 0.223 e. The summed E-state index contributed by atoms with van der Waals surface area (Å²) in [6.07, 6.45) is 2.02. The van der Waals surface area contributed by atoms with Crippen molar-refractivity contribution < 1.29 is 9.59 Å². The van der Waals surface area contributed by atoms with E-state index in [9.17, 15) is 9.59 Å². The number of carbonyl (C=O) groups is 2. The smallest absolute Gasteiger partial charge is 0.223 e. The second-order valence-corrected chi connectivity index (χ2v) is 8.71. The molecule has 0 spiro atoms. The number of hydrogen-bond acceptors (Lipinski definition) is 4. The number of hydrogen-bond donors (Lipinski definition) is 3. The third-order valence-corrected chi connectivity index (χ3v) is 6.03. The van der Waals surface area contributed by atoms with Crippen molar-refractivity contribution in [3.8, 4) is 0 Å². The molecule has 0 aromatic heterocycles. The zero-order valence-electron chi connectivity index (χ0n) is 16.8. The van der Waals surface area contributed by atoms with Crippen molar-refractivity contribution in [3.63, 3.8) is 0 Å². The molecule has 1 heterocycles. The van der Waals surface area contributed by atoms with E-state index in [1.54, 1.807) is 17.8 Å². The number of thioether (sulfide) groups is 1. The van der Waals surface area contributed by atoms with Gasteiger partial charge in [0.15, 0.2) is 0 Å². The Morgan fingerprint density at radius 2 is 1.97 bits per heavy atom. The van der Waals surface area contributed by atoms with Gasteiger partial charge in [-0.25, -0.2) is 0 Å². The van der Waals surface area contributed by atoms with Crippen molar-refractivity contribution in [1.82, 2.24) is 16.0 Å². The van der Waals surface area contributed by atoms with E-state index in [-0.39, 0.29) is 23.8 Å². The second-order valence-electron chi connectivity index (χ2n) is 7.43. The van der Waals surface area contributed by atoms with E-state index in [4.69, 9.17) is 11.6 Å². The highest BCUT2D eigenvalue weighted by Crippen LogP contribution is 2.30. The minimum atomic E-state index is -0.394. The van der Waals surface area contributed by atoms with Gasteiger partial charge >= 0.3 is 0 Å². The highest BCUT2D eigenvalue weighted by molar-refractivity contribution is 7.98. The molecule has 3 rings (SSSR count). The van der Waals surface area contributed by atoms with Crippen LogP contribution in [0.5, 0.6) is 0 Å². The average molecular weight is 432 g/mol. The molecule has 5 nitrogen and oxygen atoms in total. The lowest BCUT2D eigenvalue weighted by Gasteiger charge is -2.33. The number of amides is 2. The summed E-state index contributed by atoms with van der Waals surface area (Å²) in [6.45, 7) is 4.13. The fourth-order valence-electron chi connectivity index (χ4n) is 3.24. The third kappa shape index (κ3) is 5.53. The van der Waals surface area contributed by atoms with Gasteiger partial charge in [-0.2, -0.15) is 0 Å². The van der Waals surface area contributed by atoms with E-state index in [1.165, 1.54) is 4.90 Å². The molecule has 0 bridgehead atoms. The van der Waals surface area contributed by atoms with Gasteiger partial charge in [-0.3, -0.25) is 14.9 Å². The van der Waals surface area contributed by atoms with E-state index in [2.05, 4.69) is 40.2 Å². The van der Waals surface area contributed by atoms with Crippen LogP contribution in [0, 0.1) is 5.92 Å². The lowest BCUT2D eigenvalue weighted by Crippen LogP contribution is -2.46. The summed E-state index contributed by atoms with van der Waals surface area (Å²) >= 11 is 8.13. The van der Waals surface area contributed by atoms with Crippen LogP contribution in [0.25, 0.3) is 0 Å². The number of rotatable bonds is 6. The van der Waals surface area contributed by atoms with Gasteiger partial charge < -0.3 is 10.6 Å². The predicted octanol–water partition coefficient (Wildman–Crippen LogP) is 4.18. The van der Waals surface area contributed by atoms with Crippen LogP contribution < -0.4 is 16.0 Å². The molecule has 3 N–H and O–H groups in total. The van der Waals surface area contributed by atoms with Crippen LogP contribution in [-0.4, -0.2) is 18.1 Å². The molecule has 2 unspecified atom stereocenters. The largest absolute Gasteiger partial charge is 0.352 e. The zero-order chi connectivity index (χ0) is 21.0. The molecule has 1 fully saturated rings. The molecule has 2 aromatic rings. The molecule has 1 aliphatic heterocycles. The van der Waals surface area contributed by atoms with Gasteiger partial charge in [0, 0.05) is 40.4 Å². The Hall–Kier alpha value is -2.02. The fraction of sp³-hybridized carbons (Fsp3) is 0.364. The first-order chi connectivity index (χ1) is 13.9. The van der Waals surface area contributed by atoms with Crippen molar-refractivity contribution in [2.45, 2.75) is 43.9 Å². The highest BCUT2D eigenvalue weighted by Gasteiger charge is 2.29. The first-order valence-corrected chi connectivity index (χ1v) is 11.2. The summed E-state index contributed by atoms with van der Waals surface area (Å²) < 4.78 is 0. The Labute approximate surface area is 181 Å². The van der Waals surface area contributed by atoms with Crippen LogP contribution in [0.3, 0.4) is 0 Å². The summed E-state index contributed by atoms with van der Waals surface area (Å²) in [4.78, 5) is 25.4. The van der Waals surface area contributed by atoms with Gasteiger partial charge in [0.2, 0.25) is 11.8 Å². The van der Waals surface area contributed by atoms with Gasteiger partial charge in [0.1, 0.15) is 6.17 Å². The third-order valence-electron chi connectivity index (χ3n) is 4.94.